The average Bonchev–Trinajstić information content (AvgIpc) is 3.37. The molecule has 0 aromatic carbocycles. The molecule has 0 saturated carbocycles. The molecular weight excluding hydrogens is 524 g/mol. The molecule has 0 spiro atoms. The number of rotatable bonds is 22. The van der Waals surface area contributed by atoms with Gasteiger partial charge >= 0.3 is 11.9 Å². The van der Waals surface area contributed by atoms with Crippen molar-refractivity contribution in [3.8, 4) is 0 Å². The van der Waals surface area contributed by atoms with Crippen LogP contribution in [0.4, 0.5) is 5.95 Å². The van der Waals surface area contributed by atoms with E-state index in [0.29, 0.717) is 25.0 Å². The highest BCUT2D eigenvalue weighted by atomic mass is 16.5. The van der Waals surface area contributed by atoms with Gasteiger partial charge in [0.1, 0.15) is 6.04 Å². The van der Waals surface area contributed by atoms with E-state index in [1.54, 1.807) is 4.57 Å². The number of nitrogen functional groups attached to an aromatic ring is 1. The summed E-state index contributed by atoms with van der Waals surface area (Å²) in [7, 11) is 0. The molecule has 0 aliphatic rings. The zero-order valence-electron chi connectivity index (χ0n) is 25.4. The van der Waals surface area contributed by atoms with Gasteiger partial charge in [-0.2, -0.15) is 4.98 Å². The minimum atomic E-state index is -0.708. The van der Waals surface area contributed by atoms with Gasteiger partial charge in [-0.15, -0.1) is 0 Å². The molecular formula is C30H52N6O5. The summed E-state index contributed by atoms with van der Waals surface area (Å²) >= 11 is 0. The predicted octanol–water partition coefficient (Wildman–Crippen LogP) is 4.87. The molecule has 41 heavy (non-hydrogen) atoms. The average molecular weight is 577 g/mol. The number of nitrogens with one attached hydrogen (secondary N) is 1. The van der Waals surface area contributed by atoms with Crippen molar-refractivity contribution in [2.45, 2.75) is 123 Å². The number of carbonyl (C=O) groups excluding carboxylic acids is 2. The lowest BCUT2D eigenvalue weighted by Crippen LogP contribution is -2.39. The summed E-state index contributed by atoms with van der Waals surface area (Å²) in [6.07, 6.45) is 16.5. The molecule has 2 aromatic heterocycles. The third kappa shape index (κ3) is 12.6. The molecule has 11 nitrogen and oxygen atoms in total. The molecule has 2 unspecified atom stereocenters. The molecule has 0 amide bonds. The maximum absolute atomic E-state index is 12.5. The Kier molecular flexibility index (Phi) is 16.1. The summed E-state index contributed by atoms with van der Waals surface area (Å²) in [5.41, 5.74) is 11.9. The van der Waals surface area contributed by atoms with Crippen LogP contribution in [0.25, 0.3) is 11.2 Å². The van der Waals surface area contributed by atoms with Crippen LogP contribution in [0.3, 0.4) is 0 Å². The number of anilines is 1. The van der Waals surface area contributed by atoms with E-state index in [1.807, 2.05) is 13.8 Å². The molecule has 11 heteroatoms. The number of nitrogens with two attached hydrogens (primary N) is 2. The molecule has 3 atom stereocenters. The fourth-order valence-electron chi connectivity index (χ4n) is 4.67. The highest BCUT2D eigenvalue weighted by Crippen LogP contribution is 2.15. The Balaban J connectivity index is 1.80. The Morgan fingerprint density at radius 3 is 2.22 bits per heavy atom. The van der Waals surface area contributed by atoms with Gasteiger partial charge < -0.3 is 25.5 Å². The number of imidazole rings is 1. The predicted molar refractivity (Wildman–Crippen MR) is 161 cm³/mol. The number of hydrogen-bond acceptors (Lipinski definition) is 9. The molecule has 0 saturated heterocycles. The van der Waals surface area contributed by atoms with E-state index in [1.165, 1.54) is 57.7 Å². The minimum absolute atomic E-state index is 0.00323. The van der Waals surface area contributed by atoms with Crippen molar-refractivity contribution in [2.75, 3.05) is 18.9 Å². The fourth-order valence-corrected chi connectivity index (χ4v) is 4.67. The molecule has 2 heterocycles. The standard InChI is InChI=1S/C30H52N6O5/c1-4-6-7-8-9-10-11-12-13-14-15-16-24(37)40-19-23(20-41-29(39)25(31)22(3)5-2)17-18-36-21-33-26-27(36)34-30(32)35-28(26)38/h21-23,25H,4-20,31H2,1-3H3,(H3,32,34,35,38)/t22?,23?,25-/m0/s1. The van der Waals surface area contributed by atoms with Crippen molar-refractivity contribution >= 4 is 29.1 Å². The molecule has 0 bridgehead atoms. The lowest BCUT2D eigenvalue weighted by molar-refractivity contribution is -0.151. The number of carbonyl (C=O) groups is 2. The number of unbranched alkanes of at least 4 members (excludes halogenated alkanes) is 10. The lowest BCUT2D eigenvalue weighted by Gasteiger charge is -2.21. The Hall–Kier alpha value is -2.95. The van der Waals surface area contributed by atoms with Gasteiger partial charge in [-0.3, -0.25) is 19.4 Å². The number of esters is 2. The SMILES string of the molecule is CCCCCCCCCCCCCC(=O)OCC(CCn1cnc2c(=O)[nH]c(N)nc21)COC(=O)[C@@H](N)C(C)CC. The van der Waals surface area contributed by atoms with Crippen LogP contribution in [0.2, 0.25) is 0 Å². The van der Waals surface area contributed by atoms with E-state index >= 15 is 0 Å². The second kappa shape index (κ2) is 19.2. The van der Waals surface area contributed by atoms with Gasteiger partial charge in [0.15, 0.2) is 11.2 Å². The third-order valence-corrected chi connectivity index (χ3v) is 7.73. The highest BCUT2D eigenvalue weighted by molar-refractivity contribution is 5.75. The van der Waals surface area contributed by atoms with Gasteiger partial charge in [-0.1, -0.05) is 91.4 Å². The van der Waals surface area contributed by atoms with Gasteiger partial charge in [-0.25, -0.2) is 4.98 Å². The second-order valence-electron chi connectivity index (χ2n) is 11.2. The summed E-state index contributed by atoms with van der Waals surface area (Å²) in [6, 6.07) is -0.708. The Bertz CT molecular complexity index is 1100. The normalized spacial score (nSPS) is 13.7. The molecule has 0 radical (unpaired) electrons. The monoisotopic (exact) mass is 576 g/mol. The van der Waals surface area contributed by atoms with Crippen LogP contribution < -0.4 is 17.0 Å². The van der Waals surface area contributed by atoms with E-state index in [9.17, 15) is 14.4 Å². The summed E-state index contributed by atoms with van der Waals surface area (Å²) in [4.78, 5) is 47.7. The van der Waals surface area contributed by atoms with Crippen LogP contribution in [0.1, 0.15) is 111 Å². The number of aromatic amines is 1. The second-order valence-corrected chi connectivity index (χ2v) is 11.2. The first-order valence-electron chi connectivity index (χ1n) is 15.5. The number of aromatic nitrogens is 4. The van der Waals surface area contributed by atoms with Crippen molar-refractivity contribution in [1.82, 2.24) is 19.5 Å². The first-order chi connectivity index (χ1) is 19.8. The number of aryl methyl sites for hydroxylation is 1. The van der Waals surface area contributed by atoms with Crippen LogP contribution in [0.5, 0.6) is 0 Å². The molecule has 0 fully saturated rings. The van der Waals surface area contributed by atoms with E-state index in [2.05, 4.69) is 21.9 Å². The quantitative estimate of drug-likeness (QED) is 0.131. The van der Waals surface area contributed by atoms with Gasteiger partial charge in [-0.05, 0) is 18.8 Å². The van der Waals surface area contributed by atoms with Crippen molar-refractivity contribution in [3.05, 3.63) is 16.7 Å². The topological polar surface area (TPSA) is 168 Å². The van der Waals surface area contributed by atoms with Crippen LogP contribution in [-0.2, 0) is 25.6 Å². The van der Waals surface area contributed by atoms with Crippen molar-refractivity contribution in [2.24, 2.45) is 17.6 Å². The van der Waals surface area contributed by atoms with Gasteiger partial charge in [0.2, 0.25) is 5.95 Å². The first-order valence-corrected chi connectivity index (χ1v) is 15.5. The van der Waals surface area contributed by atoms with Gasteiger partial charge in [0.05, 0.1) is 19.5 Å². The fraction of sp³-hybridized carbons (Fsp3) is 0.767. The maximum atomic E-state index is 12.5. The highest BCUT2D eigenvalue weighted by Gasteiger charge is 2.23. The minimum Gasteiger partial charge on any atom is -0.465 e. The maximum Gasteiger partial charge on any atom is 0.323 e. The number of nitrogens with zero attached hydrogens (tertiary/aromatic N) is 3. The molecule has 232 valence electrons. The number of hydrogen-bond donors (Lipinski definition) is 3. The van der Waals surface area contributed by atoms with E-state index in [-0.39, 0.29) is 42.5 Å². The summed E-state index contributed by atoms with van der Waals surface area (Å²) < 4.78 is 12.8. The number of fused-ring (bicyclic) bond motifs is 1. The number of ether oxygens (including phenoxy) is 2. The zero-order valence-corrected chi connectivity index (χ0v) is 25.4. The first kappa shape index (κ1) is 34.3. The van der Waals surface area contributed by atoms with Crippen LogP contribution in [-0.4, -0.2) is 50.7 Å². The Morgan fingerprint density at radius 2 is 1.59 bits per heavy atom. The van der Waals surface area contributed by atoms with E-state index in [0.717, 1.165) is 25.7 Å². The van der Waals surface area contributed by atoms with E-state index < -0.39 is 17.6 Å². The lowest BCUT2D eigenvalue weighted by atomic mass is 10.0. The van der Waals surface area contributed by atoms with Crippen molar-refractivity contribution < 1.29 is 19.1 Å². The number of H-pyrrole nitrogens is 1. The third-order valence-electron chi connectivity index (χ3n) is 7.73. The van der Waals surface area contributed by atoms with E-state index in [4.69, 9.17) is 20.9 Å². The molecule has 2 rings (SSSR count). The molecule has 0 aliphatic carbocycles. The Morgan fingerprint density at radius 1 is 0.976 bits per heavy atom. The largest absolute Gasteiger partial charge is 0.465 e. The summed E-state index contributed by atoms with van der Waals surface area (Å²) in [5.74, 6) is -0.976. The zero-order chi connectivity index (χ0) is 30.0. The van der Waals surface area contributed by atoms with Crippen LogP contribution in [0, 0.1) is 11.8 Å². The molecule has 2 aromatic rings. The Labute approximate surface area is 244 Å². The van der Waals surface area contributed by atoms with Gasteiger partial charge in [0, 0.05) is 18.9 Å². The van der Waals surface area contributed by atoms with Gasteiger partial charge in [0.25, 0.3) is 5.56 Å². The van der Waals surface area contributed by atoms with Crippen molar-refractivity contribution in [3.63, 3.8) is 0 Å². The smallest absolute Gasteiger partial charge is 0.323 e. The summed E-state index contributed by atoms with van der Waals surface area (Å²) in [5, 5.41) is 0. The van der Waals surface area contributed by atoms with Crippen LogP contribution >= 0.6 is 0 Å². The molecule has 0 aliphatic heterocycles. The van der Waals surface area contributed by atoms with Crippen molar-refractivity contribution in [1.29, 1.82) is 0 Å². The summed E-state index contributed by atoms with van der Waals surface area (Å²) in [6.45, 7) is 6.72. The molecule has 5 N–H and O–H groups in total. The van der Waals surface area contributed by atoms with Crippen LogP contribution in [0.15, 0.2) is 11.1 Å².